The zero-order chi connectivity index (χ0) is 11.1. The predicted molar refractivity (Wildman–Crippen MR) is 68.8 cm³/mol. The topological polar surface area (TPSA) is 0 Å². The van der Waals surface area contributed by atoms with Crippen LogP contribution in [0, 0.1) is 24.7 Å². The summed E-state index contributed by atoms with van der Waals surface area (Å²) in [6, 6.07) is 8.77. The summed E-state index contributed by atoms with van der Waals surface area (Å²) in [7, 11) is 0. The van der Waals surface area contributed by atoms with Crippen molar-refractivity contribution in [2.75, 3.05) is 0 Å². The number of rotatable bonds is 3. The van der Waals surface area contributed by atoms with Gasteiger partial charge < -0.3 is 0 Å². The van der Waals surface area contributed by atoms with E-state index in [1.54, 1.807) is 0 Å². The van der Waals surface area contributed by atoms with E-state index in [1.807, 2.05) is 0 Å². The van der Waals surface area contributed by atoms with Crippen LogP contribution >= 0.6 is 11.6 Å². The summed E-state index contributed by atoms with van der Waals surface area (Å²) in [5.74, 6) is 2.79. The third kappa shape index (κ3) is 1.88. The van der Waals surface area contributed by atoms with Crippen LogP contribution in [0.2, 0.25) is 0 Å². The third-order valence-electron chi connectivity index (χ3n) is 4.40. The zero-order valence-corrected chi connectivity index (χ0v) is 10.6. The summed E-state index contributed by atoms with van der Waals surface area (Å²) in [6.07, 6.45) is 5.37. The van der Waals surface area contributed by atoms with Gasteiger partial charge in [0.05, 0.1) is 0 Å². The lowest BCUT2D eigenvalue weighted by molar-refractivity contribution is 0.559. The lowest BCUT2D eigenvalue weighted by Crippen LogP contribution is -2.10. The monoisotopic (exact) mass is 234 g/mol. The molecule has 2 aliphatic rings. The first kappa shape index (κ1) is 10.7. The summed E-state index contributed by atoms with van der Waals surface area (Å²) < 4.78 is 0. The Morgan fingerprint density at radius 1 is 1.31 bits per heavy atom. The molecule has 1 aromatic carbocycles. The number of hydrogen-bond acceptors (Lipinski definition) is 0. The molecule has 3 rings (SSSR count). The number of alkyl halides is 1. The summed E-state index contributed by atoms with van der Waals surface area (Å²) in [4.78, 5) is 0. The van der Waals surface area contributed by atoms with Gasteiger partial charge in [-0.1, -0.05) is 36.2 Å². The van der Waals surface area contributed by atoms with Gasteiger partial charge in [-0.05, 0) is 49.5 Å². The molecular formula is C15H19Cl. The van der Waals surface area contributed by atoms with Crippen molar-refractivity contribution in [1.29, 1.82) is 0 Å². The molecule has 2 fully saturated rings. The van der Waals surface area contributed by atoms with Crippen LogP contribution in [0.5, 0.6) is 0 Å². The molecule has 86 valence electrons. The summed E-state index contributed by atoms with van der Waals surface area (Å²) in [5, 5.41) is 0.372. The van der Waals surface area contributed by atoms with E-state index in [2.05, 4.69) is 31.2 Å². The zero-order valence-electron chi connectivity index (χ0n) is 9.83. The summed E-state index contributed by atoms with van der Waals surface area (Å²) in [5.41, 5.74) is 2.75. The van der Waals surface area contributed by atoms with E-state index in [4.69, 9.17) is 11.6 Å². The molecule has 2 saturated carbocycles. The standard InChI is InChI=1S/C15H19Cl/c1-10-4-2-5-11(8-10)9-14(16)15-12-6-3-7-13(12)15/h2,4-5,8,12-15H,3,6-7,9H2,1H3. The fourth-order valence-electron chi connectivity index (χ4n) is 3.61. The number of aryl methyl sites for hydroxylation is 1. The van der Waals surface area contributed by atoms with Crippen molar-refractivity contribution < 1.29 is 0 Å². The number of halogens is 1. The highest BCUT2D eigenvalue weighted by Gasteiger charge is 2.55. The molecule has 2 aliphatic carbocycles. The van der Waals surface area contributed by atoms with Gasteiger partial charge >= 0.3 is 0 Å². The molecule has 0 nitrogen and oxygen atoms in total. The van der Waals surface area contributed by atoms with Gasteiger partial charge in [0, 0.05) is 5.38 Å². The Morgan fingerprint density at radius 2 is 2.06 bits per heavy atom. The minimum absolute atomic E-state index is 0.372. The highest BCUT2D eigenvalue weighted by Crippen LogP contribution is 2.60. The Bertz CT molecular complexity index is 375. The van der Waals surface area contributed by atoms with Crippen LogP contribution in [-0.4, -0.2) is 5.38 Å². The van der Waals surface area contributed by atoms with E-state index in [0.29, 0.717) is 5.38 Å². The summed E-state index contributed by atoms with van der Waals surface area (Å²) >= 11 is 6.57. The van der Waals surface area contributed by atoms with Crippen molar-refractivity contribution in [2.24, 2.45) is 17.8 Å². The van der Waals surface area contributed by atoms with Gasteiger partial charge in [0.2, 0.25) is 0 Å². The average Bonchev–Trinajstić information content (AvgIpc) is 2.73. The van der Waals surface area contributed by atoms with Gasteiger partial charge in [0.25, 0.3) is 0 Å². The molecule has 0 aliphatic heterocycles. The molecule has 0 aromatic heterocycles. The second kappa shape index (κ2) is 4.07. The molecule has 3 atom stereocenters. The Morgan fingerprint density at radius 3 is 2.75 bits per heavy atom. The molecule has 0 N–H and O–H groups in total. The molecule has 0 spiro atoms. The lowest BCUT2D eigenvalue weighted by Gasteiger charge is -2.11. The van der Waals surface area contributed by atoms with E-state index >= 15 is 0 Å². The Hall–Kier alpha value is -0.490. The van der Waals surface area contributed by atoms with Crippen molar-refractivity contribution in [1.82, 2.24) is 0 Å². The van der Waals surface area contributed by atoms with Gasteiger partial charge in [-0.2, -0.15) is 0 Å². The lowest BCUT2D eigenvalue weighted by atomic mass is 10.0. The molecule has 0 amide bonds. The fourth-order valence-corrected chi connectivity index (χ4v) is 4.17. The number of hydrogen-bond donors (Lipinski definition) is 0. The van der Waals surface area contributed by atoms with Gasteiger partial charge in [-0.15, -0.1) is 11.6 Å². The SMILES string of the molecule is Cc1cccc(CC(Cl)C2C3CCCC32)c1. The van der Waals surface area contributed by atoms with Crippen molar-refractivity contribution in [2.45, 2.75) is 38.0 Å². The Labute approximate surface area is 103 Å². The van der Waals surface area contributed by atoms with E-state index in [1.165, 1.54) is 30.4 Å². The van der Waals surface area contributed by atoms with Crippen LogP contribution in [0.3, 0.4) is 0 Å². The second-order valence-electron chi connectivity index (χ2n) is 5.55. The van der Waals surface area contributed by atoms with Crippen LogP contribution in [0.25, 0.3) is 0 Å². The highest BCUT2D eigenvalue weighted by molar-refractivity contribution is 6.21. The predicted octanol–water partition coefficient (Wildman–Crippen LogP) is 4.19. The van der Waals surface area contributed by atoms with Crippen LogP contribution in [0.15, 0.2) is 24.3 Å². The van der Waals surface area contributed by atoms with E-state index in [-0.39, 0.29) is 0 Å². The first-order valence-corrected chi connectivity index (χ1v) is 6.89. The minimum atomic E-state index is 0.372. The van der Waals surface area contributed by atoms with Crippen LogP contribution in [-0.2, 0) is 6.42 Å². The molecule has 0 heterocycles. The van der Waals surface area contributed by atoms with Crippen molar-refractivity contribution in [3.63, 3.8) is 0 Å². The maximum absolute atomic E-state index is 6.57. The number of benzene rings is 1. The molecule has 0 saturated heterocycles. The van der Waals surface area contributed by atoms with Crippen LogP contribution < -0.4 is 0 Å². The van der Waals surface area contributed by atoms with Gasteiger partial charge in [0.15, 0.2) is 0 Å². The van der Waals surface area contributed by atoms with Gasteiger partial charge in [-0.25, -0.2) is 0 Å². The maximum atomic E-state index is 6.57. The number of fused-ring (bicyclic) bond motifs is 1. The van der Waals surface area contributed by atoms with Gasteiger partial charge in [-0.3, -0.25) is 0 Å². The molecule has 0 radical (unpaired) electrons. The first-order chi connectivity index (χ1) is 7.75. The van der Waals surface area contributed by atoms with Crippen molar-refractivity contribution in [3.8, 4) is 0 Å². The third-order valence-corrected chi connectivity index (χ3v) is 4.85. The fraction of sp³-hybridized carbons (Fsp3) is 0.600. The Balaban J connectivity index is 1.63. The molecule has 1 heteroatoms. The maximum Gasteiger partial charge on any atom is 0.0410 e. The largest absolute Gasteiger partial charge is 0.122 e. The minimum Gasteiger partial charge on any atom is -0.122 e. The van der Waals surface area contributed by atoms with Crippen LogP contribution in [0.4, 0.5) is 0 Å². The summed E-state index contributed by atoms with van der Waals surface area (Å²) in [6.45, 7) is 2.15. The van der Waals surface area contributed by atoms with Crippen LogP contribution in [0.1, 0.15) is 30.4 Å². The first-order valence-electron chi connectivity index (χ1n) is 6.45. The van der Waals surface area contributed by atoms with E-state index in [9.17, 15) is 0 Å². The Kier molecular flexibility index (Phi) is 2.71. The average molecular weight is 235 g/mol. The molecule has 1 aromatic rings. The molecule has 16 heavy (non-hydrogen) atoms. The molecule has 3 unspecified atom stereocenters. The van der Waals surface area contributed by atoms with Gasteiger partial charge in [0.1, 0.15) is 0 Å². The van der Waals surface area contributed by atoms with Crippen molar-refractivity contribution in [3.05, 3.63) is 35.4 Å². The van der Waals surface area contributed by atoms with E-state index in [0.717, 1.165) is 24.2 Å². The normalized spacial score (nSPS) is 33.5. The molecule has 0 bridgehead atoms. The smallest absolute Gasteiger partial charge is 0.0410 e. The quantitative estimate of drug-likeness (QED) is 0.688. The van der Waals surface area contributed by atoms with Crippen molar-refractivity contribution >= 4 is 11.6 Å². The molecular weight excluding hydrogens is 216 g/mol. The highest BCUT2D eigenvalue weighted by atomic mass is 35.5. The second-order valence-corrected chi connectivity index (χ2v) is 6.11. The van der Waals surface area contributed by atoms with E-state index < -0.39 is 0 Å².